The number of nitrogens with zero attached hydrogens (tertiary/aromatic N) is 3. The van der Waals surface area contributed by atoms with Gasteiger partial charge in [-0.25, -0.2) is 9.48 Å². The van der Waals surface area contributed by atoms with Crippen molar-refractivity contribution in [3.8, 4) is 5.69 Å². The van der Waals surface area contributed by atoms with E-state index < -0.39 is 0 Å². The molecule has 0 aliphatic carbocycles. The van der Waals surface area contributed by atoms with Crippen LogP contribution in [0.25, 0.3) is 5.69 Å². The number of aryl methyl sites for hydroxylation is 2. The molecule has 0 unspecified atom stereocenters. The number of esters is 1. The van der Waals surface area contributed by atoms with E-state index in [1.54, 1.807) is 0 Å². The SMILES string of the molecule is COC(=O)[C@H]1c2ccccc2CCN1Cc1ccc(-n2nc(C)cc2C)cc1. The first-order valence-corrected chi connectivity index (χ1v) is 9.59. The standard InChI is InChI=1S/C23H25N3O2/c1-16-14-17(2)26(24-16)20-10-8-18(9-11-20)15-25-13-12-19-6-4-5-7-21(19)22(25)23(27)28-3/h4-11,14,22H,12-13,15H2,1-3H3/t22-/m1/s1. The van der Waals surface area contributed by atoms with Crippen LogP contribution in [0, 0.1) is 13.8 Å². The van der Waals surface area contributed by atoms with Gasteiger partial charge in [-0.1, -0.05) is 36.4 Å². The van der Waals surface area contributed by atoms with Crippen LogP contribution in [0.15, 0.2) is 54.6 Å². The van der Waals surface area contributed by atoms with Crippen molar-refractivity contribution in [1.29, 1.82) is 0 Å². The minimum atomic E-state index is -0.356. The minimum absolute atomic E-state index is 0.202. The maximum absolute atomic E-state index is 12.5. The number of hydrogen-bond donors (Lipinski definition) is 0. The molecular weight excluding hydrogens is 350 g/mol. The lowest BCUT2D eigenvalue weighted by atomic mass is 9.92. The highest BCUT2D eigenvalue weighted by Crippen LogP contribution is 2.32. The molecule has 5 heteroatoms. The summed E-state index contributed by atoms with van der Waals surface area (Å²) in [5, 5.41) is 4.54. The van der Waals surface area contributed by atoms with E-state index in [1.807, 2.05) is 29.8 Å². The Morgan fingerprint density at radius 1 is 1.14 bits per heavy atom. The molecule has 0 amide bonds. The number of fused-ring (bicyclic) bond motifs is 1. The summed E-state index contributed by atoms with van der Waals surface area (Å²) >= 11 is 0. The summed E-state index contributed by atoms with van der Waals surface area (Å²) in [7, 11) is 1.46. The lowest BCUT2D eigenvalue weighted by Crippen LogP contribution is -2.39. The molecular formula is C23H25N3O2. The first kappa shape index (κ1) is 18.4. The second kappa shape index (κ2) is 7.60. The van der Waals surface area contributed by atoms with Gasteiger partial charge < -0.3 is 4.74 Å². The van der Waals surface area contributed by atoms with E-state index in [2.05, 4.69) is 53.3 Å². The normalized spacial score (nSPS) is 16.6. The quantitative estimate of drug-likeness (QED) is 0.652. The van der Waals surface area contributed by atoms with Crippen molar-refractivity contribution < 1.29 is 9.53 Å². The molecule has 1 aliphatic rings. The Morgan fingerprint density at radius 2 is 1.89 bits per heavy atom. The Kier molecular flexibility index (Phi) is 5.01. The second-order valence-corrected chi connectivity index (χ2v) is 7.35. The van der Waals surface area contributed by atoms with Gasteiger partial charge >= 0.3 is 5.97 Å². The molecule has 1 atom stereocenters. The van der Waals surface area contributed by atoms with Crippen molar-refractivity contribution in [3.05, 3.63) is 82.7 Å². The van der Waals surface area contributed by atoms with Gasteiger partial charge in [-0.3, -0.25) is 4.90 Å². The predicted octanol–water partition coefficient (Wildman–Crippen LogP) is 3.76. The van der Waals surface area contributed by atoms with E-state index in [4.69, 9.17) is 4.74 Å². The average molecular weight is 375 g/mol. The fraction of sp³-hybridized carbons (Fsp3) is 0.304. The minimum Gasteiger partial charge on any atom is -0.468 e. The van der Waals surface area contributed by atoms with E-state index >= 15 is 0 Å². The van der Waals surface area contributed by atoms with Gasteiger partial charge in [0.15, 0.2) is 0 Å². The number of hydrogen-bond acceptors (Lipinski definition) is 4. The van der Waals surface area contributed by atoms with Crippen molar-refractivity contribution in [1.82, 2.24) is 14.7 Å². The highest BCUT2D eigenvalue weighted by molar-refractivity contribution is 5.78. The summed E-state index contributed by atoms with van der Waals surface area (Å²) in [5.74, 6) is -0.202. The van der Waals surface area contributed by atoms with E-state index in [-0.39, 0.29) is 12.0 Å². The number of rotatable bonds is 4. The third kappa shape index (κ3) is 3.45. The third-order valence-corrected chi connectivity index (χ3v) is 5.38. The average Bonchev–Trinajstić information content (AvgIpc) is 3.06. The zero-order chi connectivity index (χ0) is 19.7. The summed E-state index contributed by atoms with van der Waals surface area (Å²) in [5.41, 5.74) is 6.62. The Hall–Kier alpha value is -2.92. The van der Waals surface area contributed by atoms with Gasteiger partial charge in [0.1, 0.15) is 6.04 Å². The molecule has 2 aromatic carbocycles. The van der Waals surface area contributed by atoms with Crippen molar-refractivity contribution in [2.45, 2.75) is 32.9 Å². The summed E-state index contributed by atoms with van der Waals surface area (Å²) in [4.78, 5) is 14.7. The topological polar surface area (TPSA) is 47.4 Å². The lowest BCUT2D eigenvalue weighted by molar-refractivity contribution is -0.148. The van der Waals surface area contributed by atoms with E-state index in [0.29, 0.717) is 6.54 Å². The molecule has 0 spiro atoms. The maximum atomic E-state index is 12.5. The van der Waals surface area contributed by atoms with Crippen molar-refractivity contribution >= 4 is 5.97 Å². The molecule has 5 nitrogen and oxygen atoms in total. The lowest BCUT2D eigenvalue weighted by Gasteiger charge is -2.35. The van der Waals surface area contributed by atoms with E-state index in [0.717, 1.165) is 35.6 Å². The number of aromatic nitrogens is 2. The van der Waals surface area contributed by atoms with Gasteiger partial charge in [0.25, 0.3) is 0 Å². The highest BCUT2D eigenvalue weighted by Gasteiger charge is 2.33. The predicted molar refractivity (Wildman–Crippen MR) is 108 cm³/mol. The summed E-state index contributed by atoms with van der Waals surface area (Å²) in [6, 6.07) is 18.3. The number of carbonyl (C=O) groups excluding carboxylic acids is 1. The molecule has 0 fully saturated rings. The Bertz CT molecular complexity index is 991. The molecule has 1 aromatic heterocycles. The van der Waals surface area contributed by atoms with Gasteiger partial charge in [0, 0.05) is 18.8 Å². The first-order chi connectivity index (χ1) is 13.6. The van der Waals surface area contributed by atoms with Gasteiger partial charge in [0.2, 0.25) is 0 Å². The van der Waals surface area contributed by atoms with Crippen molar-refractivity contribution in [3.63, 3.8) is 0 Å². The van der Waals surface area contributed by atoms with Crippen LogP contribution in [0.2, 0.25) is 0 Å². The monoisotopic (exact) mass is 375 g/mol. The maximum Gasteiger partial charge on any atom is 0.327 e. The van der Waals surface area contributed by atoms with Crippen LogP contribution in [0.3, 0.4) is 0 Å². The molecule has 0 saturated heterocycles. The highest BCUT2D eigenvalue weighted by atomic mass is 16.5. The van der Waals surface area contributed by atoms with Crippen LogP contribution < -0.4 is 0 Å². The fourth-order valence-electron chi connectivity index (χ4n) is 4.04. The van der Waals surface area contributed by atoms with Gasteiger partial charge in [-0.05, 0) is 55.2 Å². The summed E-state index contributed by atoms with van der Waals surface area (Å²) in [6.07, 6.45) is 0.938. The first-order valence-electron chi connectivity index (χ1n) is 9.59. The van der Waals surface area contributed by atoms with Gasteiger partial charge in [-0.15, -0.1) is 0 Å². The molecule has 3 aromatic rings. The fourth-order valence-corrected chi connectivity index (χ4v) is 4.04. The van der Waals surface area contributed by atoms with Gasteiger partial charge in [0.05, 0.1) is 18.5 Å². The van der Waals surface area contributed by atoms with Crippen LogP contribution >= 0.6 is 0 Å². The Labute approximate surface area is 165 Å². The molecule has 1 aliphatic heterocycles. The Balaban J connectivity index is 1.58. The summed E-state index contributed by atoms with van der Waals surface area (Å²) < 4.78 is 7.07. The molecule has 2 heterocycles. The van der Waals surface area contributed by atoms with Crippen LogP contribution in [-0.4, -0.2) is 34.3 Å². The smallest absolute Gasteiger partial charge is 0.327 e. The van der Waals surface area contributed by atoms with Crippen LogP contribution in [0.5, 0.6) is 0 Å². The largest absolute Gasteiger partial charge is 0.468 e. The van der Waals surface area contributed by atoms with Crippen LogP contribution in [0.1, 0.15) is 34.1 Å². The number of methoxy groups -OCH3 is 1. The molecule has 0 radical (unpaired) electrons. The molecule has 0 N–H and O–H groups in total. The van der Waals surface area contributed by atoms with Crippen molar-refractivity contribution in [2.75, 3.05) is 13.7 Å². The molecule has 28 heavy (non-hydrogen) atoms. The number of benzene rings is 2. The second-order valence-electron chi connectivity index (χ2n) is 7.35. The van der Waals surface area contributed by atoms with E-state index in [9.17, 15) is 4.79 Å². The zero-order valence-electron chi connectivity index (χ0n) is 16.6. The number of carbonyl (C=O) groups is 1. The zero-order valence-corrected chi connectivity index (χ0v) is 16.6. The third-order valence-electron chi connectivity index (χ3n) is 5.38. The number of ether oxygens (including phenoxy) is 1. The molecule has 0 saturated carbocycles. The van der Waals surface area contributed by atoms with Gasteiger partial charge in [-0.2, -0.15) is 5.10 Å². The molecule has 0 bridgehead atoms. The van der Waals surface area contributed by atoms with Crippen LogP contribution in [-0.2, 0) is 22.5 Å². The molecule has 144 valence electrons. The Morgan fingerprint density at radius 3 is 2.57 bits per heavy atom. The summed E-state index contributed by atoms with van der Waals surface area (Å²) in [6.45, 7) is 5.58. The van der Waals surface area contributed by atoms with E-state index in [1.165, 1.54) is 18.2 Å². The van der Waals surface area contributed by atoms with Crippen LogP contribution in [0.4, 0.5) is 0 Å². The molecule has 4 rings (SSSR count). The van der Waals surface area contributed by atoms with Crippen molar-refractivity contribution in [2.24, 2.45) is 0 Å².